The fourth-order valence-corrected chi connectivity index (χ4v) is 3.32. The number of piperidine rings is 1. The lowest BCUT2D eigenvalue weighted by Crippen LogP contribution is -2.46. The molecular formula is C19H26N4O. The van der Waals surface area contributed by atoms with Crippen molar-refractivity contribution >= 4 is 5.91 Å². The van der Waals surface area contributed by atoms with Crippen molar-refractivity contribution in [3.05, 3.63) is 52.8 Å². The molecule has 0 saturated carbocycles. The summed E-state index contributed by atoms with van der Waals surface area (Å²) in [6.07, 6.45) is 2.20. The number of amides is 1. The van der Waals surface area contributed by atoms with Crippen LogP contribution >= 0.6 is 0 Å². The van der Waals surface area contributed by atoms with Crippen molar-refractivity contribution in [1.29, 1.82) is 0 Å². The molecule has 1 atom stereocenters. The molecule has 1 aromatic carbocycles. The SMILES string of the molecule is Cc1cc(C)n(Cc2ccc(C(=O)N[C@@H]3CCCN(C)C3)cc2)n1. The first-order chi connectivity index (χ1) is 11.5. The van der Waals surface area contributed by atoms with Gasteiger partial charge < -0.3 is 10.2 Å². The fraction of sp³-hybridized carbons (Fsp3) is 0.474. The van der Waals surface area contributed by atoms with E-state index in [-0.39, 0.29) is 11.9 Å². The van der Waals surface area contributed by atoms with Gasteiger partial charge in [-0.25, -0.2) is 0 Å². The largest absolute Gasteiger partial charge is 0.348 e. The van der Waals surface area contributed by atoms with Crippen molar-refractivity contribution in [2.45, 2.75) is 39.3 Å². The standard InChI is InChI=1S/C19H26N4O/c1-14-11-15(2)23(21-14)12-16-6-8-17(9-7-16)19(24)20-18-5-4-10-22(3)13-18/h6-9,11,18H,4-5,10,12-13H2,1-3H3,(H,20,24)/t18-/m1/s1. The average Bonchev–Trinajstić information content (AvgIpc) is 2.85. The van der Waals surface area contributed by atoms with Crippen LogP contribution in [-0.2, 0) is 6.54 Å². The number of carbonyl (C=O) groups excluding carboxylic acids is 1. The first-order valence-electron chi connectivity index (χ1n) is 8.60. The van der Waals surface area contributed by atoms with Crippen molar-refractivity contribution in [1.82, 2.24) is 20.0 Å². The second-order valence-electron chi connectivity index (χ2n) is 6.86. The Balaban J connectivity index is 1.61. The molecule has 0 bridgehead atoms. The number of nitrogens with one attached hydrogen (secondary N) is 1. The van der Waals surface area contributed by atoms with Gasteiger partial charge in [-0.2, -0.15) is 5.10 Å². The predicted octanol–water partition coefficient (Wildman–Crippen LogP) is 2.37. The number of hydrogen-bond donors (Lipinski definition) is 1. The molecule has 1 fully saturated rings. The van der Waals surface area contributed by atoms with E-state index < -0.39 is 0 Å². The smallest absolute Gasteiger partial charge is 0.251 e. The van der Waals surface area contributed by atoms with Gasteiger partial charge in [0, 0.05) is 23.8 Å². The van der Waals surface area contributed by atoms with Crippen molar-refractivity contribution in [3.8, 4) is 0 Å². The summed E-state index contributed by atoms with van der Waals surface area (Å²) < 4.78 is 1.99. The van der Waals surface area contributed by atoms with E-state index in [1.807, 2.05) is 35.9 Å². The molecule has 1 aromatic heterocycles. The molecule has 1 amide bonds. The lowest BCUT2D eigenvalue weighted by Gasteiger charge is -2.30. The van der Waals surface area contributed by atoms with Crippen LogP contribution in [0.25, 0.3) is 0 Å². The fourth-order valence-electron chi connectivity index (χ4n) is 3.32. The first kappa shape index (κ1) is 16.7. The maximum absolute atomic E-state index is 12.4. The van der Waals surface area contributed by atoms with E-state index in [0.29, 0.717) is 0 Å². The molecule has 5 nitrogen and oxygen atoms in total. The zero-order valence-electron chi connectivity index (χ0n) is 14.7. The summed E-state index contributed by atoms with van der Waals surface area (Å²) in [5, 5.41) is 7.63. The third-order valence-electron chi connectivity index (χ3n) is 4.61. The molecule has 1 aliphatic heterocycles. The third kappa shape index (κ3) is 4.03. The van der Waals surface area contributed by atoms with E-state index in [0.717, 1.165) is 55.0 Å². The van der Waals surface area contributed by atoms with Gasteiger partial charge in [0.05, 0.1) is 12.2 Å². The quantitative estimate of drug-likeness (QED) is 0.938. The van der Waals surface area contributed by atoms with Gasteiger partial charge in [-0.3, -0.25) is 9.48 Å². The Kier molecular flexibility index (Phi) is 5.00. The summed E-state index contributed by atoms with van der Waals surface area (Å²) in [6.45, 7) is 6.84. The number of rotatable bonds is 4. The van der Waals surface area contributed by atoms with Crippen molar-refractivity contribution < 1.29 is 4.79 Å². The molecule has 0 unspecified atom stereocenters. The minimum atomic E-state index is 0.0213. The average molecular weight is 326 g/mol. The van der Waals surface area contributed by atoms with Crippen LogP contribution in [0.15, 0.2) is 30.3 Å². The van der Waals surface area contributed by atoms with Crippen LogP contribution in [0.3, 0.4) is 0 Å². The predicted molar refractivity (Wildman–Crippen MR) is 95.2 cm³/mol. The number of aryl methyl sites for hydroxylation is 2. The van der Waals surface area contributed by atoms with E-state index >= 15 is 0 Å². The number of carbonyl (C=O) groups is 1. The second kappa shape index (κ2) is 7.18. The number of likely N-dealkylation sites (N-methyl/N-ethyl adjacent to an activating group) is 1. The molecule has 5 heteroatoms. The molecule has 0 spiro atoms. The molecule has 1 N–H and O–H groups in total. The maximum atomic E-state index is 12.4. The van der Waals surface area contributed by atoms with Gasteiger partial charge in [0.2, 0.25) is 0 Å². The third-order valence-corrected chi connectivity index (χ3v) is 4.61. The molecule has 0 aliphatic carbocycles. The second-order valence-corrected chi connectivity index (χ2v) is 6.86. The van der Waals surface area contributed by atoms with Gasteiger partial charge in [-0.1, -0.05) is 12.1 Å². The molecule has 2 aromatic rings. The van der Waals surface area contributed by atoms with Crippen molar-refractivity contribution in [2.75, 3.05) is 20.1 Å². The van der Waals surface area contributed by atoms with Gasteiger partial charge in [0.15, 0.2) is 0 Å². The van der Waals surface area contributed by atoms with E-state index in [2.05, 4.69) is 35.4 Å². The normalized spacial score (nSPS) is 18.5. The van der Waals surface area contributed by atoms with Crippen LogP contribution in [0.1, 0.15) is 40.2 Å². The summed E-state index contributed by atoms with van der Waals surface area (Å²) >= 11 is 0. The molecule has 24 heavy (non-hydrogen) atoms. The summed E-state index contributed by atoms with van der Waals surface area (Å²) in [7, 11) is 2.10. The Bertz CT molecular complexity index is 705. The minimum absolute atomic E-state index is 0.0213. The van der Waals surface area contributed by atoms with Crippen LogP contribution in [0.4, 0.5) is 0 Å². The number of nitrogens with zero attached hydrogens (tertiary/aromatic N) is 3. The highest BCUT2D eigenvalue weighted by Crippen LogP contribution is 2.11. The summed E-state index contributed by atoms with van der Waals surface area (Å²) in [5.41, 5.74) is 4.05. The summed E-state index contributed by atoms with van der Waals surface area (Å²) in [6, 6.07) is 10.2. The van der Waals surface area contributed by atoms with Crippen molar-refractivity contribution in [2.24, 2.45) is 0 Å². The molecule has 128 valence electrons. The molecule has 3 rings (SSSR count). The Morgan fingerprint density at radius 1 is 1.29 bits per heavy atom. The van der Waals surface area contributed by atoms with Gasteiger partial charge in [-0.05, 0) is 64.0 Å². The summed E-state index contributed by atoms with van der Waals surface area (Å²) in [4.78, 5) is 14.7. The van der Waals surface area contributed by atoms with E-state index in [1.165, 1.54) is 0 Å². The topological polar surface area (TPSA) is 50.2 Å². The van der Waals surface area contributed by atoms with Crippen LogP contribution in [0, 0.1) is 13.8 Å². The number of aromatic nitrogens is 2. The molecule has 0 radical (unpaired) electrons. The number of likely N-dealkylation sites (tertiary alicyclic amines) is 1. The first-order valence-corrected chi connectivity index (χ1v) is 8.60. The zero-order valence-corrected chi connectivity index (χ0v) is 14.7. The van der Waals surface area contributed by atoms with E-state index in [9.17, 15) is 4.79 Å². The van der Waals surface area contributed by atoms with Gasteiger partial charge in [0.1, 0.15) is 0 Å². The Morgan fingerprint density at radius 3 is 2.67 bits per heavy atom. The number of hydrogen-bond acceptors (Lipinski definition) is 3. The highest BCUT2D eigenvalue weighted by Gasteiger charge is 2.19. The molecule has 2 heterocycles. The lowest BCUT2D eigenvalue weighted by molar-refractivity contribution is 0.0912. The number of benzene rings is 1. The van der Waals surface area contributed by atoms with Gasteiger partial charge in [0.25, 0.3) is 5.91 Å². The van der Waals surface area contributed by atoms with Crippen LogP contribution in [0.5, 0.6) is 0 Å². The highest BCUT2D eigenvalue weighted by atomic mass is 16.1. The van der Waals surface area contributed by atoms with Gasteiger partial charge >= 0.3 is 0 Å². The monoisotopic (exact) mass is 326 g/mol. The lowest BCUT2D eigenvalue weighted by atomic mass is 10.1. The van der Waals surface area contributed by atoms with E-state index in [1.54, 1.807) is 0 Å². The highest BCUT2D eigenvalue weighted by molar-refractivity contribution is 5.94. The molecule has 1 saturated heterocycles. The Hall–Kier alpha value is -2.14. The van der Waals surface area contributed by atoms with Crippen LogP contribution < -0.4 is 5.32 Å². The van der Waals surface area contributed by atoms with Gasteiger partial charge in [-0.15, -0.1) is 0 Å². The maximum Gasteiger partial charge on any atom is 0.251 e. The van der Waals surface area contributed by atoms with E-state index in [4.69, 9.17) is 0 Å². The molecule has 1 aliphatic rings. The zero-order chi connectivity index (χ0) is 17.1. The van der Waals surface area contributed by atoms with Crippen molar-refractivity contribution in [3.63, 3.8) is 0 Å². The Labute approximate surface area is 143 Å². The molecular weight excluding hydrogens is 300 g/mol. The minimum Gasteiger partial charge on any atom is -0.348 e. The summed E-state index contributed by atoms with van der Waals surface area (Å²) in [5.74, 6) is 0.0213. The van der Waals surface area contributed by atoms with Crippen LogP contribution in [0.2, 0.25) is 0 Å². The Morgan fingerprint density at radius 2 is 2.04 bits per heavy atom. The van der Waals surface area contributed by atoms with Crippen LogP contribution in [-0.4, -0.2) is 46.8 Å².